The number of hydrogen-bond acceptors (Lipinski definition) is 4. The van der Waals surface area contributed by atoms with Crippen LogP contribution in [0.1, 0.15) is 25.7 Å². The zero-order valence-electron chi connectivity index (χ0n) is 10.9. The van der Waals surface area contributed by atoms with Crippen molar-refractivity contribution >= 4 is 10.0 Å². The highest BCUT2D eigenvalue weighted by Gasteiger charge is 2.21. The maximum absolute atomic E-state index is 11.7. The van der Waals surface area contributed by atoms with Crippen molar-refractivity contribution < 1.29 is 8.42 Å². The fourth-order valence-corrected chi connectivity index (χ4v) is 3.39. The third-order valence-electron chi connectivity index (χ3n) is 2.94. The lowest BCUT2D eigenvalue weighted by molar-refractivity contribution is 0.394. The van der Waals surface area contributed by atoms with Crippen LogP contribution < -0.4 is 10.0 Å². The number of rotatable bonds is 8. The highest BCUT2D eigenvalue weighted by molar-refractivity contribution is 7.89. The number of nitrogens with zero attached hydrogens (tertiary/aromatic N) is 1. The fourth-order valence-electron chi connectivity index (χ4n) is 2.00. The summed E-state index contributed by atoms with van der Waals surface area (Å²) in [7, 11) is 0.956. The Bertz CT molecular complexity index is 298. The minimum Gasteiger partial charge on any atom is -0.313 e. The molecule has 102 valence electrons. The number of unbranched alkanes of at least 4 members (excludes halogenated alkanes) is 1. The van der Waals surface area contributed by atoms with E-state index in [4.69, 9.17) is 0 Å². The first kappa shape index (κ1) is 14.9. The van der Waals surface area contributed by atoms with Crippen LogP contribution in [0.5, 0.6) is 0 Å². The van der Waals surface area contributed by atoms with Crippen LogP contribution in [0.2, 0.25) is 0 Å². The summed E-state index contributed by atoms with van der Waals surface area (Å²) in [5.74, 6) is 0.223. The van der Waals surface area contributed by atoms with E-state index in [2.05, 4.69) is 14.9 Å². The van der Waals surface area contributed by atoms with Crippen LogP contribution >= 0.6 is 0 Å². The number of sulfonamides is 1. The zero-order chi connectivity index (χ0) is 12.7. The molecule has 0 saturated carbocycles. The Morgan fingerprint density at radius 1 is 1.35 bits per heavy atom. The minimum absolute atomic E-state index is 0.147. The molecule has 0 radical (unpaired) electrons. The summed E-state index contributed by atoms with van der Waals surface area (Å²) in [4.78, 5) is 2.11. The fraction of sp³-hybridized carbons (Fsp3) is 1.00. The first-order chi connectivity index (χ1) is 7.99. The maximum atomic E-state index is 11.7. The molecule has 0 bridgehead atoms. The monoisotopic (exact) mass is 263 g/mol. The van der Waals surface area contributed by atoms with Gasteiger partial charge in [0.15, 0.2) is 0 Å². The Morgan fingerprint density at radius 3 is 2.71 bits per heavy atom. The Kier molecular flexibility index (Phi) is 6.40. The van der Waals surface area contributed by atoms with Gasteiger partial charge in [0.25, 0.3) is 0 Å². The van der Waals surface area contributed by atoms with E-state index in [0.717, 1.165) is 38.8 Å². The molecule has 1 fully saturated rings. The van der Waals surface area contributed by atoms with Crippen molar-refractivity contribution in [3.8, 4) is 0 Å². The van der Waals surface area contributed by atoms with Gasteiger partial charge >= 0.3 is 0 Å². The third kappa shape index (κ3) is 6.98. The van der Waals surface area contributed by atoms with Crippen LogP contribution in [0.4, 0.5) is 0 Å². The maximum Gasteiger partial charge on any atom is 0.213 e. The van der Waals surface area contributed by atoms with Crippen LogP contribution in [-0.2, 0) is 10.0 Å². The average Bonchev–Trinajstić information content (AvgIpc) is 2.68. The van der Waals surface area contributed by atoms with Crippen molar-refractivity contribution in [2.75, 3.05) is 39.5 Å². The molecule has 1 aliphatic rings. The molecule has 0 amide bonds. The van der Waals surface area contributed by atoms with Gasteiger partial charge in [0, 0.05) is 12.6 Å². The second kappa shape index (κ2) is 7.31. The van der Waals surface area contributed by atoms with E-state index in [0.29, 0.717) is 6.54 Å². The van der Waals surface area contributed by atoms with Crippen LogP contribution in [-0.4, -0.2) is 58.8 Å². The molecule has 6 heteroatoms. The van der Waals surface area contributed by atoms with E-state index in [-0.39, 0.29) is 11.8 Å². The summed E-state index contributed by atoms with van der Waals surface area (Å²) >= 11 is 0. The first-order valence-electron chi connectivity index (χ1n) is 6.35. The van der Waals surface area contributed by atoms with Gasteiger partial charge in [0.2, 0.25) is 10.0 Å². The molecule has 1 unspecified atom stereocenters. The van der Waals surface area contributed by atoms with E-state index in [9.17, 15) is 8.42 Å². The van der Waals surface area contributed by atoms with E-state index in [1.54, 1.807) is 0 Å². The minimum atomic E-state index is -3.09. The second-order valence-electron chi connectivity index (χ2n) is 4.98. The first-order valence-corrected chi connectivity index (χ1v) is 8.00. The van der Waals surface area contributed by atoms with Crippen LogP contribution in [0.3, 0.4) is 0 Å². The Balaban J connectivity index is 2.11. The van der Waals surface area contributed by atoms with Gasteiger partial charge < -0.3 is 10.2 Å². The molecular formula is C11H25N3O2S. The van der Waals surface area contributed by atoms with E-state index >= 15 is 0 Å². The summed E-state index contributed by atoms with van der Waals surface area (Å²) in [5, 5.41) is 3.20. The largest absolute Gasteiger partial charge is 0.313 e. The SMILES string of the molecule is CN(C)CCCCNS(=O)(=O)CC1CCCN1. The summed E-state index contributed by atoms with van der Waals surface area (Å²) in [6, 6.07) is 0.147. The molecule has 0 aromatic carbocycles. The van der Waals surface area contributed by atoms with Crippen molar-refractivity contribution in [2.24, 2.45) is 0 Å². The van der Waals surface area contributed by atoms with Gasteiger partial charge in [-0.3, -0.25) is 0 Å². The van der Waals surface area contributed by atoms with Crippen molar-refractivity contribution in [3.05, 3.63) is 0 Å². The van der Waals surface area contributed by atoms with Crippen molar-refractivity contribution in [2.45, 2.75) is 31.7 Å². The number of nitrogens with one attached hydrogen (secondary N) is 2. The zero-order valence-corrected chi connectivity index (χ0v) is 11.7. The average molecular weight is 263 g/mol. The third-order valence-corrected chi connectivity index (χ3v) is 4.42. The van der Waals surface area contributed by atoms with Gasteiger partial charge in [-0.15, -0.1) is 0 Å². The van der Waals surface area contributed by atoms with Gasteiger partial charge in [0.05, 0.1) is 5.75 Å². The predicted octanol–water partition coefficient (Wildman–Crippen LogP) is -0.000400. The highest BCUT2D eigenvalue weighted by atomic mass is 32.2. The van der Waals surface area contributed by atoms with Crippen molar-refractivity contribution in [1.29, 1.82) is 0 Å². The molecule has 1 heterocycles. The van der Waals surface area contributed by atoms with Gasteiger partial charge in [-0.05, 0) is 52.9 Å². The summed E-state index contributed by atoms with van der Waals surface area (Å²) in [5.41, 5.74) is 0. The molecule has 0 spiro atoms. The Morgan fingerprint density at radius 2 is 2.12 bits per heavy atom. The molecular weight excluding hydrogens is 238 g/mol. The van der Waals surface area contributed by atoms with Crippen molar-refractivity contribution in [1.82, 2.24) is 14.9 Å². The smallest absolute Gasteiger partial charge is 0.213 e. The quantitative estimate of drug-likeness (QED) is 0.605. The standard InChI is InChI=1S/C11H25N3O2S/c1-14(2)9-4-3-8-13-17(15,16)10-11-6-5-7-12-11/h11-13H,3-10H2,1-2H3. The molecule has 2 N–H and O–H groups in total. The molecule has 5 nitrogen and oxygen atoms in total. The summed E-state index contributed by atoms with van der Waals surface area (Å²) in [6.07, 6.45) is 3.98. The van der Waals surface area contributed by atoms with Gasteiger partial charge in [-0.1, -0.05) is 0 Å². The lowest BCUT2D eigenvalue weighted by Gasteiger charge is -2.12. The summed E-state index contributed by atoms with van der Waals surface area (Å²) < 4.78 is 26.1. The van der Waals surface area contributed by atoms with E-state index < -0.39 is 10.0 Å². The molecule has 1 saturated heterocycles. The predicted molar refractivity (Wildman–Crippen MR) is 70.6 cm³/mol. The normalized spacial score (nSPS) is 21.2. The molecule has 0 aliphatic carbocycles. The van der Waals surface area contributed by atoms with Crippen LogP contribution in [0, 0.1) is 0 Å². The van der Waals surface area contributed by atoms with Crippen LogP contribution in [0.25, 0.3) is 0 Å². The molecule has 0 aromatic rings. The molecule has 1 rings (SSSR count). The molecule has 1 aliphatic heterocycles. The molecule has 0 aromatic heterocycles. The van der Waals surface area contributed by atoms with Crippen LogP contribution in [0.15, 0.2) is 0 Å². The molecule has 17 heavy (non-hydrogen) atoms. The van der Waals surface area contributed by atoms with E-state index in [1.807, 2.05) is 14.1 Å². The number of hydrogen-bond donors (Lipinski definition) is 2. The lowest BCUT2D eigenvalue weighted by atomic mass is 10.3. The lowest BCUT2D eigenvalue weighted by Crippen LogP contribution is -2.37. The Labute approximate surface area is 105 Å². The highest BCUT2D eigenvalue weighted by Crippen LogP contribution is 2.06. The van der Waals surface area contributed by atoms with Crippen molar-refractivity contribution in [3.63, 3.8) is 0 Å². The topological polar surface area (TPSA) is 61.4 Å². The van der Waals surface area contributed by atoms with Gasteiger partial charge in [-0.25, -0.2) is 13.1 Å². The summed E-state index contributed by atoms with van der Waals surface area (Å²) in [6.45, 7) is 2.51. The van der Waals surface area contributed by atoms with E-state index in [1.165, 1.54) is 0 Å². The molecule has 1 atom stereocenters. The second-order valence-corrected chi connectivity index (χ2v) is 6.83. The Hall–Kier alpha value is -0.170. The van der Waals surface area contributed by atoms with Gasteiger partial charge in [0.1, 0.15) is 0 Å². The van der Waals surface area contributed by atoms with Gasteiger partial charge in [-0.2, -0.15) is 0 Å².